The van der Waals surface area contributed by atoms with Crippen LogP contribution in [0.25, 0.3) is 0 Å². The van der Waals surface area contributed by atoms with E-state index >= 15 is 0 Å². The van der Waals surface area contributed by atoms with Gasteiger partial charge in [-0.05, 0) is 19.2 Å². The molecule has 0 spiro atoms. The third kappa shape index (κ3) is 3.57. The SMILES string of the molecule is CCN(CC)CCS(=O)c1ccncc1N. The van der Waals surface area contributed by atoms with Crippen molar-refractivity contribution >= 4 is 16.5 Å². The molecule has 0 saturated heterocycles. The highest BCUT2D eigenvalue weighted by Crippen LogP contribution is 2.13. The van der Waals surface area contributed by atoms with Gasteiger partial charge in [0, 0.05) is 18.5 Å². The van der Waals surface area contributed by atoms with E-state index in [1.54, 1.807) is 18.5 Å². The Bertz CT molecular complexity index is 353. The predicted molar refractivity (Wildman–Crippen MR) is 67.7 cm³/mol. The molecule has 0 aromatic carbocycles. The maximum absolute atomic E-state index is 12.0. The summed E-state index contributed by atoms with van der Waals surface area (Å²) in [5.74, 6) is 0.621. The van der Waals surface area contributed by atoms with E-state index in [1.165, 1.54) is 0 Å². The maximum Gasteiger partial charge on any atom is 0.0664 e. The first-order chi connectivity index (χ1) is 7.69. The van der Waals surface area contributed by atoms with Crippen molar-refractivity contribution in [2.24, 2.45) is 0 Å². The zero-order valence-electron chi connectivity index (χ0n) is 9.85. The third-order valence-electron chi connectivity index (χ3n) is 2.54. The average molecular weight is 241 g/mol. The summed E-state index contributed by atoms with van der Waals surface area (Å²) in [5, 5.41) is 0. The lowest BCUT2D eigenvalue weighted by Crippen LogP contribution is -2.27. The largest absolute Gasteiger partial charge is 0.396 e. The number of anilines is 1. The second kappa shape index (κ2) is 6.60. The van der Waals surface area contributed by atoms with Crippen LogP contribution in [0.3, 0.4) is 0 Å². The summed E-state index contributed by atoms with van der Waals surface area (Å²) in [6.45, 7) is 7.01. The van der Waals surface area contributed by atoms with Crippen molar-refractivity contribution in [3.63, 3.8) is 0 Å². The van der Waals surface area contributed by atoms with Crippen molar-refractivity contribution in [2.75, 3.05) is 31.1 Å². The number of rotatable bonds is 6. The predicted octanol–water partition coefficient (Wildman–Crippen LogP) is 1.11. The monoisotopic (exact) mass is 241 g/mol. The van der Waals surface area contributed by atoms with E-state index in [4.69, 9.17) is 5.73 Å². The van der Waals surface area contributed by atoms with Gasteiger partial charge in [-0.15, -0.1) is 0 Å². The van der Waals surface area contributed by atoms with Crippen LogP contribution in [0.2, 0.25) is 0 Å². The molecular weight excluding hydrogens is 222 g/mol. The topological polar surface area (TPSA) is 59.2 Å². The van der Waals surface area contributed by atoms with Gasteiger partial charge in [-0.2, -0.15) is 0 Å². The van der Waals surface area contributed by atoms with E-state index in [2.05, 4.69) is 23.7 Å². The molecule has 1 unspecified atom stereocenters. The molecule has 0 bridgehead atoms. The van der Waals surface area contributed by atoms with Crippen molar-refractivity contribution in [1.29, 1.82) is 0 Å². The molecule has 0 amide bonds. The fourth-order valence-corrected chi connectivity index (χ4v) is 2.64. The summed E-state index contributed by atoms with van der Waals surface area (Å²) in [4.78, 5) is 6.83. The molecule has 0 fully saturated rings. The third-order valence-corrected chi connectivity index (χ3v) is 3.96. The van der Waals surface area contributed by atoms with Crippen LogP contribution in [-0.4, -0.2) is 39.5 Å². The Morgan fingerprint density at radius 1 is 1.44 bits per heavy atom. The number of pyridine rings is 1. The lowest BCUT2D eigenvalue weighted by Gasteiger charge is -2.17. The molecule has 1 aromatic rings. The van der Waals surface area contributed by atoms with E-state index in [0.717, 1.165) is 19.6 Å². The summed E-state index contributed by atoms with van der Waals surface area (Å²) < 4.78 is 12.0. The number of aromatic nitrogens is 1. The number of nitrogen functional groups attached to an aromatic ring is 1. The van der Waals surface area contributed by atoms with Gasteiger partial charge in [-0.3, -0.25) is 9.19 Å². The fourth-order valence-electron chi connectivity index (χ4n) is 1.46. The highest BCUT2D eigenvalue weighted by Gasteiger charge is 2.09. The van der Waals surface area contributed by atoms with E-state index in [1.807, 2.05) is 0 Å². The molecule has 1 rings (SSSR count). The lowest BCUT2D eigenvalue weighted by molar-refractivity contribution is 0.323. The fraction of sp³-hybridized carbons (Fsp3) is 0.545. The summed E-state index contributed by atoms with van der Waals surface area (Å²) >= 11 is 0. The number of hydrogen-bond acceptors (Lipinski definition) is 4. The van der Waals surface area contributed by atoms with Crippen molar-refractivity contribution in [2.45, 2.75) is 18.7 Å². The van der Waals surface area contributed by atoms with Gasteiger partial charge >= 0.3 is 0 Å². The first-order valence-electron chi connectivity index (χ1n) is 5.49. The number of hydrogen-bond donors (Lipinski definition) is 1. The molecule has 0 saturated carbocycles. The van der Waals surface area contributed by atoms with Crippen LogP contribution in [0, 0.1) is 0 Å². The Kier molecular flexibility index (Phi) is 5.42. The normalized spacial score (nSPS) is 12.9. The highest BCUT2D eigenvalue weighted by molar-refractivity contribution is 7.85. The number of nitrogens with zero attached hydrogens (tertiary/aromatic N) is 2. The quantitative estimate of drug-likeness (QED) is 0.810. The lowest BCUT2D eigenvalue weighted by atomic mass is 10.4. The van der Waals surface area contributed by atoms with E-state index in [9.17, 15) is 4.21 Å². The first-order valence-corrected chi connectivity index (χ1v) is 6.81. The maximum atomic E-state index is 12.0. The first kappa shape index (κ1) is 13.1. The molecule has 0 aliphatic heterocycles. The van der Waals surface area contributed by atoms with Gasteiger partial charge in [-0.25, -0.2) is 0 Å². The van der Waals surface area contributed by atoms with Gasteiger partial charge in [0.05, 0.1) is 27.6 Å². The second-order valence-electron chi connectivity index (χ2n) is 3.49. The average Bonchev–Trinajstić information content (AvgIpc) is 2.30. The molecule has 1 atom stereocenters. The Hall–Kier alpha value is -0.940. The molecule has 90 valence electrons. The summed E-state index contributed by atoms with van der Waals surface area (Å²) in [5.41, 5.74) is 6.24. The van der Waals surface area contributed by atoms with Crippen LogP contribution < -0.4 is 5.73 Å². The molecule has 0 aliphatic carbocycles. The van der Waals surface area contributed by atoms with E-state index in [-0.39, 0.29) is 0 Å². The van der Waals surface area contributed by atoms with Crippen LogP contribution >= 0.6 is 0 Å². The Labute approximate surface area is 99.3 Å². The smallest absolute Gasteiger partial charge is 0.0664 e. The standard InChI is InChI=1S/C11H19N3OS/c1-3-14(4-2)7-8-16(15)11-5-6-13-9-10(11)12/h5-6,9H,3-4,7-8,12H2,1-2H3. The van der Waals surface area contributed by atoms with Crippen LogP contribution in [-0.2, 0) is 10.8 Å². The molecule has 0 radical (unpaired) electrons. The summed E-state index contributed by atoms with van der Waals surface area (Å²) in [6, 6.07) is 1.73. The van der Waals surface area contributed by atoms with Crippen molar-refractivity contribution in [1.82, 2.24) is 9.88 Å². The highest BCUT2D eigenvalue weighted by atomic mass is 32.2. The molecule has 2 N–H and O–H groups in total. The number of nitrogens with two attached hydrogens (primary N) is 1. The molecule has 16 heavy (non-hydrogen) atoms. The minimum atomic E-state index is -1.03. The molecule has 1 aromatic heterocycles. The van der Waals surface area contributed by atoms with Gasteiger partial charge in [0.1, 0.15) is 0 Å². The van der Waals surface area contributed by atoms with Crippen molar-refractivity contribution in [3.05, 3.63) is 18.5 Å². The van der Waals surface area contributed by atoms with Gasteiger partial charge in [-0.1, -0.05) is 13.8 Å². The molecule has 5 heteroatoms. The molecular formula is C11H19N3OS. The Morgan fingerprint density at radius 2 is 2.12 bits per heavy atom. The van der Waals surface area contributed by atoms with Crippen molar-refractivity contribution < 1.29 is 4.21 Å². The molecule has 4 nitrogen and oxygen atoms in total. The van der Waals surface area contributed by atoms with Gasteiger partial charge in [0.15, 0.2) is 0 Å². The van der Waals surface area contributed by atoms with Crippen LogP contribution in [0.5, 0.6) is 0 Å². The van der Waals surface area contributed by atoms with Crippen LogP contribution in [0.1, 0.15) is 13.8 Å². The molecule has 0 aliphatic rings. The van der Waals surface area contributed by atoms with E-state index < -0.39 is 10.8 Å². The van der Waals surface area contributed by atoms with Gasteiger partial charge in [0.25, 0.3) is 0 Å². The second-order valence-corrected chi connectivity index (χ2v) is 5.03. The van der Waals surface area contributed by atoms with Gasteiger partial charge < -0.3 is 10.6 Å². The minimum absolute atomic E-state index is 0.514. The molecule has 1 heterocycles. The van der Waals surface area contributed by atoms with E-state index in [0.29, 0.717) is 16.3 Å². The van der Waals surface area contributed by atoms with Crippen LogP contribution in [0.4, 0.5) is 5.69 Å². The summed E-state index contributed by atoms with van der Waals surface area (Å²) in [6.07, 6.45) is 3.17. The zero-order chi connectivity index (χ0) is 12.0. The summed E-state index contributed by atoms with van der Waals surface area (Å²) in [7, 11) is -1.03. The van der Waals surface area contributed by atoms with Crippen molar-refractivity contribution in [3.8, 4) is 0 Å². The Morgan fingerprint density at radius 3 is 2.69 bits per heavy atom. The van der Waals surface area contributed by atoms with Gasteiger partial charge in [0.2, 0.25) is 0 Å². The minimum Gasteiger partial charge on any atom is -0.396 e. The zero-order valence-corrected chi connectivity index (χ0v) is 10.7. The Balaban J connectivity index is 2.56. The van der Waals surface area contributed by atoms with Crippen LogP contribution in [0.15, 0.2) is 23.4 Å².